The number of carbonyl (C=O) groups is 2. The molecule has 0 fully saturated rings. The number of ether oxygens (including phenoxy) is 1. The smallest absolute Gasteiger partial charge is 0.263 e. The first-order valence-corrected chi connectivity index (χ1v) is 12.4. The molecule has 1 aromatic carbocycles. The number of carbonyl (C=O) groups excluding carboxylic acids is 2. The molecule has 11 heteroatoms. The Morgan fingerprint density at radius 3 is 2.77 bits per heavy atom. The van der Waals surface area contributed by atoms with E-state index in [-0.39, 0.29) is 24.4 Å². The van der Waals surface area contributed by atoms with Crippen LogP contribution in [0.1, 0.15) is 47.3 Å². The first-order chi connectivity index (χ1) is 16.9. The van der Waals surface area contributed by atoms with E-state index in [9.17, 15) is 9.59 Å². The van der Waals surface area contributed by atoms with Crippen LogP contribution in [0.25, 0.3) is 10.2 Å². The summed E-state index contributed by atoms with van der Waals surface area (Å²) in [5.41, 5.74) is 8.63. The summed E-state index contributed by atoms with van der Waals surface area (Å²) in [6.07, 6.45) is 0.777. The third-order valence-corrected chi connectivity index (χ3v) is 6.65. The number of amides is 2. The largest absolute Gasteiger partial charge is 0.493 e. The summed E-state index contributed by atoms with van der Waals surface area (Å²) >= 11 is 1.23. The molecule has 1 aliphatic heterocycles. The maximum absolute atomic E-state index is 12.5. The Kier molecular flexibility index (Phi) is 7.45. The Labute approximate surface area is 207 Å². The summed E-state index contributed by atoms with van der Waals surface area (Å²) in [7, 11) is 0. The molecule has 0 aliphatic carbocycles. The average Bonchev–Trinajstić information content (AvgIpc) is 3.49. The topological polar surface area (TPSA) is 132 Å². The summed E-state index contributed by atoms with van der Waals surface area (Å²) in [6.45, 7) is 7.75. The number of nitrogens with one attached hydrogen (secondary N) is 1. The summed E-state index contributed by atoms with van der Waals surface area (Å²) < 4.78 is 5.63. The van der Waals surface area contributed by atoms with Crippen LogP contribution in [0.3, 0.4) is 0 Å². The van der Waals surface area contributed by atoms with Gasteiger partial charge >= 0.3 is 0 Å². The monoisotopic (exact) mass is 496 g/mol. The van der Waals surface area contributed by atoms with Gasteiger partial charge in [-0.1, -0.05) is 5.16 Å². The lowest BCUT2D eigenvalue weighted by Crippen LogP contribution is -2.33. The summed E-state index contributed by atoms with van der Waals surface area (Å²) in [4.78, 5) is 41.9. The van der Waals surface area contributed by atoms with Crippen LogP contribution in [-0.4, -0.2) is 65.2 Å². The summed E-state index contributed by atoms with van der Waals surface area (Å²) in [5, 5.41) is 7.77. The van der Waals surface area contributed by atoms with Crippen molar-refractivity contribution in [3.63, 3.8) is 0 Å². The maximum Gasteiger partial charge on any atom is 0.263 e. The zero-order chi connectivity index (χ0) is 24.9. The first kappa shape index (κ1) is 24.4. The van der Waals surface area contributed by atoms with Gasteiger partial charge in [-0.15, -0.1) is 11.3 Å². The van der Waals surface area contributed by atoms with Crippen molar-refractivity contribution in [2.45, 2.75) is 27.2 Å². The molecule has 0 spiro atoms. The van der Waals surface area contributed by atoms with Gasteiger partial charge in [0.15, 0.2) is 6.61 Å². The fraction of sp³-hybridized carbons (Fsp3) is 0.375. The molecule has 3 heterocycles. The number of hydrogen-bond acceptors (Lipinski definition) is 9. The first-order valence-electron chi connectivity index (χ1n) is 11.5. The molecule has 0 bridgehead atoms. The van der Waals surface area contributed by atoms with E-state index in [1.165, 1.54) is 11.3 Å². The zero-order valence-electron chi connectivity index (χ0n) is 20.0. The summed E-state index contributed by atoms with van der Waals surface area (Å²) in [6, 6.07) is 7.44. The Bertz CT molecular complexity index is 1280. The highest BCUT2D eigenvalue weighted by Gasteiger charge is 2.22. The molecule has 2 aromatic heterocycles. The van der Waals surface area contributed by atoms with Crippen LogP contribution in [0, 0.1) is 0 Å². The van der Waals surface area contributed by atoms with E-state index in [0.29, 0.717) is 52.7 Å². The molecular weight excluding hydrogens is 468 g/mol. The van der Waals surface area contributed by atoms with Crippen LogP contribution in [-0.2, 0) is 16.1 Å². The number of oxime groups is 1. The number of fused-ring (bicyclic) bond motifs is 2. The van der Waals surface area contributed by atoms with Gasteiger partial charge in [0, 0.05) is 37.0 Å². The molecule has 0 saturated heterocycles. The van der Waals surface area contributed by atoms with Gasteiger partial charge < -0.3 is 25.5 Å². The van der Waals surface area contributed by atoms with Gasteiger partial charge in [-0.05, 0) is 50.6 Å². The number of likely N-dealkylation sites (N-methyl/N-ethyl adjacent to an activating group) is 1. The molecule has 184 valence electrons. The lowest BCUT2D eigenvalue weighted by molar-refractivity contribution is -0.135. The highest BCUT2D eigenvalue weighted by atomic mass is 32.1. The molecular formula is C24H28N6O4S. The van der Waals surface area contributed by atoms with Gasteiger partial charge in [0.2, 0.25) is 5.95 Å². The van der Waals surface area contributed by atoms with Gasteiger partial charge in [0.1, 0.15) is 22.0 Å². The average molecular weight is 497 g/mol. The van der Waals surface area contributed by atoms with E-state index in [2.05, 4.69) is 20.4 Å². The fourth-order valence-electron chi connectivity index (χ4n) is 3.86. The van der Waals surface area contributed by atoms with Crippen LogP contribution in [0.5, 0.6) is 5.75 Å². The zero-order valence-corrected chi connectivity index (χ0v) is 20.8. The van der Waals surface area contributed by atoms with Crippen molar-refractivity contribution in [2.24, 2.45) is 5.16 Å². The van der Waals surface area contributed by atoms with Crippen molar-refractivity contribution in [2.75, 3.05) is 38.6 Å². The van der Waals surface area contributed by atoms with Gasteiger partial charge in [0.25, 0.3) is 11.8 Å². The van der Waals surface area contributed by atoms with Gasteiger partial charge in [-0.2, -0.15) is 0 Å². The Balaban J connectivity index is 1.78. The van der Waals surface area contributed by atoms with Crippen LogP contribution < -0.4 is 15.8 Å². The molecule has 10 nitrogen and oxygen atoms in total. The second kappa shape index (κ2) is 10.7. The molecule has 35 heavy (non-hydrogen) atoms. The lowest BCUT2D eigenvalue weighted by atomic mass is 10.0. The fourth-order valence-corrected chi connectivity index (χ4v) is 4.82. The number of hydrogen-bond donors (Lipinski definition) is 2. The summed E-state index contributed by atoms with van der Waals surface area (Å²) in [5.74, 6) is 0.511. The molecule has 1 aliphatic rings. The number of nitrogens with zero attached hydrogens (tertiary/aromatic N) is 4. The molecule has 3 aromatic rings. The normalized spacial score (nSPS) is 12.8. The van der Waals surface area contributed by atoms with Gasteiger partial charge in [0.05, 0.1) is 11.5 Å². The third kappa shape index (κ3) is 5.19. The van der Waals surface area contributed by atoms with Crippen molar-refractivity contribution in [3.05, 3.63) is 46.0 Å². The van der Waals surface area contributed by atoms with Crippen LogP contribution in [0.15, 0.2) is 29.4 Å². The van der Waals surface area contributed by atoms with E-state index < -0.39 is 0 Å². The van der Waals surface area contributed by atoms with E-state index in [4.69, 9.17) is 15.3 Å². The number of nitrogens with two attached hydrogens (primary N) is 1. The number of anilines is 1. The second-order valence-corrected chi connectivity index (χ2v) is 8.85. The quantitative estimate of drug-likeness (QED) is 0.344. The number of rotatable bonds is 9. The van der Waals surface area contributed by atoms with E-state index >= 15 is 0 Å². The van der Waals surface area contributed by atoms with Crippen molar-refractivity contribution in [1.82, 2.24) is 20.2 Å². The highest BCUT2D eigenvalue weighted by Crippen LogP contribution is 2.31. The van der Waals surface area contributed by atoms with Gasteiger partial charge in [-0.3, -0.25) is 9.59 Å². The standard InChI is InChI=1S/C24H28N6O4S/c1-4-26-22(32)18-12-16-21(27-24(25)28-23(16)35-18)20(29-34-13-19(31)30(5-2)6-3)15-7-8-17-14(11-15)9-10-33-17/h7-8,11-12H,4-6,9-10,13H2,1-3H3,(H,26,32)(H2,25,27,28)/b29-20+. The minimum absolute atomic E-state index is 0.0493. The van der Waals surface area contributed by atoms with Crippen molar-refractivity contribution in [3.8, 4) is 5.75 Å². The molecule has 0 radical (unpaired) electrons. The Morgan fingerprint density at radius 2 is 2.03 bits per heavy atom. The predicted molar refractivity (Wildman–Crippen MR) is 135 cm³/mol. The number of aromatic nitrogens is 2. The van der Waals surface area contributed by atoms with Gasteiger partial charge in [-0.25, -0.2) is 9.97 Å². The number of nitrogen functional groups attached to an aromatic ring is 1. The maximum atomic E-state index is 12.5. The Hall–Kier alpha value is -3.73. The second-order valence-electron chi connectivity index (χ2n) is 7.82. The lowest BCUT2D eigenvalue weighted by Gasteiger charge is -2.17. The van der Waals surface area contributed by atoms with Crippen molar-refractivity contribution >= 4 is 45.0 Å². The Morgan fingerprint density at radius 1 is 1.23 bits per heavy atom. The highest BCUT2D eigenvalue weighted by molar-refractivity contribution is 7.20. The van der Waals surface area contributed by atoms with Crippen LogP contribution in [0.4, 0.5) is 5.95 Å². The van der Waals surface area contributed by atoms with Crippen LogP contribution >= 0.6 is 11.3 Å². The molecule has 0 atom stereocenters. The molecule has 3 N–H and O–H groups in total. The SMILES string of the molecule is CCNC(=O)c1cc2c(/C(=N/OCC(=O)N(CC)CC)c3ccc4c(c3)CCO4)nc(N)nc2s1. The molecule has 0 unspecified atom stereocenters. The van der Waals surface area contributed by atoms with Crippen molar-refractivity contribution in [1.29, 1.82) is 0 Å². The molecule has 4 rings (SSSR count). The minimum Gasteiger partial charge on any atom is -0.493 e. The van der Waals surface area contributed by atoms with Crippen LogP contribution in [0.2, 0.25) is 0 Å². The van der Waals surface area contributed by atoms with E-state index in [0.717, 1.165) is 23.3 Å². The minimum atomic E-state index is -0.212. The van der Waals surface area contributed by atoms with Crippen molar-refractivity contribution < 1.29 is 19.2 Å². The third-order valence-electron chi connectivity index (χ3n) is 5.62. The predicted octanol–water partition coefficient (Wildman–Crippen LogP) is 2.60. The number of benzene rings is 1. The number of thiophene rings is 1. The molecule has 2 amide bonds. The van der Waals surface area contributed by atoms with E-state index in [1.807, 2.05) is 39.0 Å². The molecule has 0 saturated carbocycles. The van der Waals surface area contributed by atoms with E-state index in [1.54, 1.807) is 11.0 Å².